The molecule has 1 aliphatic rings. The molecule has 21 heavy (non-hydrogen) atoms. The minimum absolute atomic E-state index is 0.415. The van der Waals surface area contributed by atoms with E-state index in [0.29, 0.717) is 16.2 Å². The van der Waals surface area contributed by atoms with Crippen molar-refractivity contribution in [3.63, 3.8) is 0 Å². The SMILES string of the molecule is CSc1ncnc2c1ncn2O[C@@H]1O[C@H](CO)[C@@H](O)[C@H]1O. The van der Waals surface area contributed by atoms with E-state index < -0.39 is 31.2 Å². The second kappa shape index (κ2) is 5.73. The molecule has 0 aromatic carbocycles. The van der Waals surface area contributed by atoms with Crippen LogP contribution in [-0.4, -0.2) is 72.5 Å². The van der Waals surface area contributed by atoms with Crippen molar-refractivity contribution in [2.75, 3.05) is 12.9 Å². The summed E-state index contributed by atoms with van der Waals surface area (Å²) in [4.78, 5) is 17.8. The maximum Gasteiger partial charge on any atom is 0.254 e. The van der Waals surface area contributed by atoms with E-state index >= 15 is 0 Å². The second-order valence-corrected chi connectivity index (χ2v) is 5.23. The molecule has 3 rings (SSSR count). The number of nitrogens with zero attached hydrogens (tertiary/aromatic N) is 4. The molecule has 0 radical (unpaired) electrons. The summed E-state index contributed by atoms with van der Waals surface area (Å²) in [5.41, 5.74) is 0.990. The molecular formula is C11H14N4O5S. The van der Waals surface area contributed by atoms with Gasteiger partial charge in [0.25, 0.3) is 6.29 Å². The Labute approximate surface area is 123 Å². The molecule has 114 valence electrons. The number of aliphatic hydroxyl groups is 3. The zero-order valence-corrected chi connectivity index (χ0v) is 11.8. The molecule has 0 saturated carbocycles. The Morgan fingerprint density at radius 2 is 2.14 bits per heavy atom. The summed E-state index contributed by atoms with van der Waals surface area (Å²) in [6.07, 6.45) is 0.125. The van der Waals surface area contributed by atoms with Crippen LogP contribution in [0.4, 0.5) is 0 Å². The molecule has 4 atom stereocenters. The lowest BCUT2D eigenvalue weighted by Gasteiger charge is -2.16. The number of ether oxygens (including phenoxy) is 1. The van der Waals surface area contributed by atoms with Crippen LogP contribution in [0.25, 0.3) is 11.2 Å². The average molecular weight is 314 g/mol. The van der Waals surface area contributed by atoms with Crippen LogP contribution in [0.2, 0.25) is 0 Å². The summed E-state index contributed by atoms with van der Waals surface area (Å²) in [5, 5.41) is 29.3. The minimum atomic E-state index is -1.28. The van der Waals surface area contributed by atoms with Gasteiger partial charge in [0, 0.05) is 0 Å². The van der Waals surface area contributed by atoms with Crippen LogP contribution in [0.1, 0.15) is 0 Å². The molecule has 3 heterocycles. The van der Waals surface area contributed by atoms with Crippen LogP contribution in [0.3, 0.4) is 0 Å². The molecule has 0 spiro atoms. The average Bonchev–Trinajstić information content (AvgIpc) is 3.03. The number of imidazole rings is 1. The van der Waals surface area contributed by atoms with Crippen molar-refractivity contribution < 1.29 is 24.9 Å². The van der Waals surface area contributed by atoms with E-state index in [1.165, 1.54) is 29.1 Å². The van der Waals surface area contributed by atoms with Gasteiger partial charge in [-0.25, -0.2) is 15.0 Å². The third-order valence-corrected chi connectivity index (χ3v) is 3.86. The number of aliphatic hydroxyl groups excluding tert-OH is 3. The Balaban J connectivity index is 1.86. The first kappa shape index (κ1) is 14.5. The molecule has 0 bridgehead atoms. The quantitative estimate of drug-likeness (QED) is 0.453. The molecule has 10 heteroatoms. The highest BCUT2D eigenvalue weighted by Gasteiger charge is 2.44. The van der Waals surface area contributed by atoms with Gasteiger partial charge in [0.1, 0.15) is 41.5 Å². The molecule has 0 aliphatic carbocycles. The monoisotopic (exact) mass is 314 g/mol. The zero-order chi connectivity index (χ0) is 15.0. The van der Waals surface area contributed by atoms with Crippen molar-refractivity contribution in [3.8, 4) is 0 Å². The fraction of sp³-hybridized carbons (Fsp3) is 0.545. The molecule has 2 aromatic rings. The van der Waals surface area contributed by atoms with Crippen molar-refractivity contribution in [2.24, 2.45) is 0 Å². The third kappa shape index (κ3) is 2.45. The van der Waals surface area contributed by atoms with Gasteiger partial charge in [0.2, 0.25) is 0 Å². The number of hydrogen-bond donors (Lipinski definition) is 3. The van der Waals surface area contributed by atoms with E-state index in [9.17, 15) is 10.2 Å². The summed E-state index contributed by atoms with van der Waals surface area (Å²) in [7, 11) is 0. The van der Waals surface area contributed by atoms with E-state index in [4.69, 9.17) is 14.7 Å². The lowest BCUT2D eigenvalue weighted by molar-refractivity contribution is -0.169. The highest BCUT2D eigenvalue weighted by Crippen LogP contribution is 2.23. The Morgan fingerprint density at radius 3 is 2.81 bits per heavy atom. The van der Waals surface area contributed by atoms with Crippen LogP contribution in [-0.2, 0) is 4.74 Å². The van der Waals surface area contributed by atoms with Crippen LogP contribution >= 0.6 is 11.8 Å². The number of hydrogen-bond acceptors (Lipinski definition) is 9. The van der Waals surface area contributed by atoms with Gasteiger partial charge < -0.3 is 24.9 Å². The molecule has 1 aliphatic heterocycles. The lowest BCUT2D eigenvalue weighted by Crippen LogP contribution is -2.38. The number of rotatable bonds is 4. The fourth-order valence-electron chi connectivity index (χ4n) is 2.08. The van der Waals surface area contributed by atoms with E-state index in [1.807, 2.05) is 6.26 Å². The molecule has 0 unspecified atom stereocenters. The van der Waals surface area contributed by atoms with E-state index in [1.54, 1.807) is 0 Å². The van der Waals surface area contributed by atoms with E-state index in [0.717, 1.165) is 0 Å². The summed E-state index contributed by atoms with van der Waals surface area (Å²) < 4.78 is 6.49. The van der Waals surface area contributed by atoms with Gasteiger partial charge in [-0.15, -0.1) is 16.5 Å². The van der Waals surface area contributed by atoms with E-state index in [2.05, 4.69) is 15.0 Å². The number of aromatic nitrogens is 4. The van der Waals surface area contributed by atoms with Crippen molar-refractivity contribution in [1.29, 1.82) is 0 Å². The fourth-order valence-corrected chi connectivity index (χ4v) is 2.57. The van der Waals surface area contributed by atoms with Gasteiger partial charge in [-0.3, -0.25) is 0 Å². The van der Waals surface area contributed by atoms with Crippen molar-refractivity contribution in [2.45, 2.75) is 29.6 Å². The molecule has 1 fully saturated rings. The third-order valence-electron chi connectivity index (χ3n) is 3.18. The first-order valence-electron chi connectivity index (χ1n) is 6.17. The van der Waals surface area contributed by atoms with Crippen LogP contribution in [0, 0.1) is 0 Å². The summed E-state index contributed by atoms with van der Waals surface area (Å²) in [6, 6.07) is 0. The number of thioether (sulfide) groups is 1. The van der Waals surface area contributed by atoms with Crippen molar-refractivity contribution in [3.05, 3.63) is 12.7 Å². The lowest BCUT2D eigenvalue weighted by atomic mass is 10.1. The Morgan fingerprint density at radius 1 is 1.33 bits per heavy atom. The largest absolute Gasteiger partial charge is 0.394 e. The first-order valence-corrected chi connectivity index (χ1v) is 7.39. The summed E-state index contributed by atoms with van der Waals surface area (Å²) >= 11 is 1.42. The minimum Gasteiger partial charge on any atom is -0.394 e. The van der Waals surface area contributed by atoms with Gasteiger partial charge in [-0.1, -0.05) is 0 Å². The molecule has 1 saturated heterocycles. The van der Waals surface area contributed by atoms with Gasteiger partial charge in [0.05, 0.1) is 6.61 Å². The highest BCUT2D eigenvalue weighted by molar-refractivity contribution is 7.98. The van der Waals surface area contributed by atoms with Crippen molar-refractivity contribution >= 4 is 22.9 Å². The van der Waals surface area contributed by atoms with Crippen LogP contribution < -0.4 is 4.84 Å². The Kier molecular flexibility index (Phi) is 3.95. The van der Waals surface area contributed by atoms with Gasteiger partial charge >= 0.3 is 0 Å². The normalized spacial score (nSPS) is 29.1. The smallest absolute Gasteiger partial charge is 0.254 e. The molecule has 9 nitrogen and oxygen atoms in total. The van der Waals surface area contributed by atoms with Crippen LogP contribution in [0.15, 0.2) is 17.7 Å². The van der Waals surface area contributed by atoms with Gasteiger partial charge in [-0.05, 0) is 6.26 Å². The molecular weight excluding hydrogens is 300 g/mol. The molecule has 0 amide bonds. The maximum atomic E-state index is 9.85. The summed E-state index contributed by atoms with van der Waals surface area (Å²) in [5.74, 6) is 0. The van der Waals surface area contributed by atoms with E-state index in [-0.39, 0.29) is 0 Å². The van der Waals surface area contributed by atoms with Crippen molar-refractivity contribution in [1.82, 2.24) is 19.7 Å². The standard InChI is InChI=1S/C11H14N4O5S/c1-21-10-6-9(12-3-13-10)15(4-14-6)20-11-8(18)7(17)5(2-16)19-11/h3-5,7-8,11,16-18H,2H2,1H3/t5-,7-,8-,11+/m1/s1. The van der Waals surface area contributed by atoms with Crippen LogP contribution in [0.5, 0.6) is 0 Å². The Bertz CT molecular complexity index is 638. The summed E-state index contributed by atoms with van der Waals surface area (Å²) in [6.45, 7) is -0.415. The van der Waals surface area contributed by atoms with Gasteiger partial charge in [-0.2, -0.15) is 0 Å². The second-order valence-electron chi connectivity index (χ2n) is 4.44. The number of fused-ring (bicyclic) bond motifs is 1. The topological polar surface area (TPSA) is 123 Å². The predicted octanol–water partition coefficient (Wildman–Crippen LogP) is -1.58. The van der Waals surface area contributed by atoms with Gasteiger partial charge in [0.15, 0.2) is 5.65 Å². The molecule has 2 aromatic heterocycles. The maximum absolute atomic E-state index is 9.85. The zero-order valence-electron chi connectivity index (χ0n) is 11.0. The Hall–Kier alpha value is -1.46. The highest BCUT2D eigenvalue weighted by atomic mass is 32.2. The first-order chi connectivity index (χ1) is 10.2. The predicted molar refractivity (Wildman–Crippen MR) is 71.4 cm³/mol. The molecule has 3 N–H and O–H groups in total.